The molecule has 0 aromatic heterocycles. The molecule has 1 unspecified atom stereocenters. The summed E-state index contributed by atoms with van der Waals surface area (Å²) in [4.78, 5) is 0. The standard InChI is InChI=1S/C12H14F2N2O/c1-3-16-7-9-4-10(13)12(11(14)5-9)17-8(2)6-15/h4-5,8,16H,3,7H2,1-2H3. The summed E-state index contributed by atoms with van der Waals surface area (Å²) in [5.41, 5.74) is 0.499. The lowest BCUT2D eigenvalue weighted by Gasteiger charge is -2.11. The predicted molar refractivity (Wildman–Crippen MR) is 59.4 cm³/mol. The van der Waals surface area contributed by atoms with Crippen LogP contribution in [0.25, 0.3) is 0 Å². The Morgan fingerprint density at radius 2 is 2.00 bits per heavy atom. The van der Waals surface area contributed by atoms with Gasteiger partial charge in [0, 0.05) is 6.54 Å². The first-order chi connectivity index (χ1) is 8.08. The van der Waals surface area contributed by atoms with Crippen LogP contribution in [0.1, 0.15) is 19.4 Å². The minimum absolute atomic E-state index is 0.387. The van der Waals surface area contributed by atoms with Crippen molar-refractivity contribution in [3.8, 4) is 11.8 Å². The second-order valence-corrected chi connectivity index (χ2v) is 3.56. The molecular weight excluding hydrogens is 226 g/mol. The summed E-state index contributed by atoms with van der Waals surface area (Å²) in [5, 5.41) is 11.5. The van der Waals surface area contributed by atoms with Gasteiger partial charge in [-0.05, 0) is 31.2 Å². The molecule has 0 radical (unpaired) electrons. The van der Waals surface area contributed by atoms with Crippen molar-refractivity contribution in [2.45, 2.75) is 26.5 Å². The normalized spacial score (nSPS) is 11.9. The Bertz CT molecular complexity index is 406. The Labute approximate surface area is 99.0 Å². The van der Waals surface area contributed by atoms with Crippen molar-refractivity contribution in [1.29, 1.82) is 5.26 Å². The van der Waals surface area contributed by atoms with E-state index in [0.717, 1.165) is 0 Å². The molecule has 0 bridgehead atoms. The summed E-state index contributed by atoms with van der Waals surface area (Å²) in [6.07, 6.45) is -0.890. The second-order valence-electron chi connectivity index (χ2n) is 3.56. The van der Waals surface area contributed by atoms with Crippen LogP contribution in [0, 0.1) is 23.0 Å². The van der Waals surface area contributed by atoms with Crippen LogP contribution in [0.4, 0.5) is 8.78 Å². The largest absolute Gasteiger partial charge is 0.470 e. The Kier molecular flexibility index (Phi) is 4.85. The van der Waals surface area contributed by atoms with Gasteiger partial charge in [0.2, 0.25) is 0 Å². The molecule has 0 saturated heterocycles. The highest BCUT2D eigenvalue weighted by Crippen LogP contribution is 2.24. The zero-order valence-corrected chi connectivity index (χ0v) is 9.76. The van der Waals surface area contributed by atoms with Crippen LogP contribution in [0.15, 0.2) is 12.1 Å². The Balaban J connectivity index is 2.90. The average Bonchev–Trinajstić information content (AvgIpc) is 2.30. The summed E-state index contributed by atoms with van der Waals surface area (Å²) in [5.74, 6) is -2.08. The van der Waals surface area contributed by atoms with Crippen molar-refractivity contribution in [3.63, 3.8) is 0 Å². The molecular formula is C12H14F2N2O. The van der Waals surface area contributed by atoms with Gasteiger partial charge < -0.3 is 10.1 Å². The lowest BCUT2D eigenvalue weighted by atomic mass is 10.2. The zero-order chi connectivity index (χ0) is 12.8. The Morgan fingerprint density at radius 3 is 2.47 bits per heavy atom. The SMILES string of the molecule is CCNCc1cc(F)c(OC(C)C#N)c(F)c1. The molecule has 0 fully saturated rings. The van der Waals surface area contributed by atoms with E-state index in [2.05, 4.69) is 5.32 Å². The smallest absolute Gasteiger partial charge is 0.192 e. The van der Waals surface area contributed by atoms with Gasteiger partial charge in [-0.3, -0.25) is 0 Å². The van der Waals surface area contributed by atoms with Gasteiger partial charge in [0.15, 0.2) is 23.5 Å². The quantitative estimate of drug-likeness (QED) is 0.859. The zero-order valence-electron chi connectivity index (χ0n) is 9.76. The molecule has 1 atom stereocenters. The van der Waals surface area contributed by atoms with Crippen LogP contribution in [-0.2, 0) is 6.54 Å². The molecule has 0 aliphatic heterocycles. The van der Waals surface area contributed by atoms with Gasteiger partial charge >= 0.3 is 0 Å². The number of ether oxygens (including phenoxy) is 1. The maximum atomic E-state index is 13.5. The molecule has 17 heavy (non-hydrogen) atoms. The van der Waals surface area contributed by atoms with E-state index in [9.17, 15) is 8.78 Å². The van der Waals surface area contributed by atoms with Crippen LogP contribution < -0.4 is 10.1 Å². The van der Waals surface area contributed by atoms with E-state index in [1.165, 1.54) is 19.1 Å². The minimum atomic E-state index is -0.890. The van der Waals surface area contributed by atoms with Crippen molar-refractivity contribution < 1.29 is 13.5 Å². The summed E-state index contributed by atoms with van der Waals surface area (Å²) < 4.78 is 31.9. The van der Waals surface area contributed by atoms with Crippen molar-refractivity contribution in [2.75, 3.05) is 6.54 Å². The van der Waals surface area contributed by atoms with Gasteiger partial charge in [0.1, 0.15) is 6.07 Å². The topological polar surface area (TPSA) is 45.0 Å². The molecule has 1 rings (SSSR count). The summed E-state index contributed by atoms with van der Waals surface area (Å²) >= 11 is 0. The number of nitrogens with zero attached hydrogens (tertiary/aromatic N) is 1. The number of nitriles is 1. The van der Waals surface area contributed by atoms with Gasteiger partial charge in [-0.2, -0.15) is 5.26 Å². The van der Waals surface area contributed by atoms with Crippen LogP contribution in [0.2, 0.25) is 0 Å². The van der Waals surface area contributed by atoms with E-state index >= 15 is 0 Å². The highest BCUT2D eigenvalue weighted by atomic mass is 19.1. The second kappa shape index (κ2) is 6.16. The van der Waals surface area contributed by atoms with Gasteiger partial charge in [0.25, 0.3) is 0 Å². The van der Waals surface area contributed by atoms with Crippen LogP contribution >= 0.6 is 0 Å². The van der Waals surface area contributed by atoms with Crippen LogP contribution in [0.5, 0.6) is 5.75 Å². The monoisotopic (exact) mass is 240 g/mol. The predicted octanol–water partition coefficient (Wildman–Crippen LogP) is 2.37. The molecule has 0 aliphatic carbocycles. The number of nitrogens with one attached hydrogen (secondary N) is 1. The average molecular weight is 240 g/mol. The first-order valence-electron chi connectivity index (χ1n) is 5.33. The number of halogens is 2. The molecule has 0 heterocycles. The lowest BCUT2D eigenvalue weighted by Crippen LogP contribution is -2.14. The van der Waals surface area contributed by atoms with E-state index in [1.54, 1.807) is 6.07 Å². The van der Waals surface area contributed by atoms with Crippen molar-refractivity contribution >= 4 is 0 Å². The number of hydrogen-bond acceptors (Lipinski definition) is 3. The van der Waals surface area contributed by atoms with Crippen molar-refractivity contribution in [1.82, 2.24) is 5.32 Å². The first-order valence-corrected chi connectivity index (χ1v) is 5.33. The fourth-order valence-corrected chi connectivity index (χ4v) is 1.30. The van der Waals surface area contributed by atoms with Gasteiger partial charge in [-0.25, -0.2) is 8.78 Å². The number of rotatable bonds is 5. The van der Waals surface area contributed by atoms with E-state index in [0.29, 0.717) is 18.7 Å². The third-order valence-corrected chi connectivity index (χ3v) is 2.11. The summed E-state index contributed by atoms with van der Waals surface area (Å²) in [6.45, 7) is 4.43. The van der Waals surface area contributed by atoms with Crippen molar-refractivity contribution in [2.24, 2.45) is 0 Å². The molecule has 0 saturated carbocycles. The molecule has 3 nitrogen and oxygen atoms in total. The molecule has 1 N–H and O–H groups in total. The molecule has 1 aromatic rings. The van der Waals surface area contributed by atoms with E-state index < -0.39 is 23.5 Å². The number of hydrogen-bond donors (Lipinski definition) is 1. The fourth-order valence-electron chi connectivity index (χ4n) is 1.30. The van der Waals surface area contributed by atoms with E-state index in [4.69, 9.17) is 10.00 Å². The fraction of sp³-hybridized carbons (Fsp3) is 0.417. The summed E-state index contributed by atoms with van der Waals surface area (Å²) in [7, 11) is 0. The van der Waals surface area contributed by atoms with E-state index in [-0.39, 0.29) is 0 Å². The highest BCUT2D eigenvalue weighted by Gasteiger charge is 2.15. The molecule has 92 valence electrons. The van der Waals surface area contributed by atoms with Crippen LogP contribution in [0.3, 0.4) is 0 Å². The maximum Gasteiger partial charge on any atom is 0.192 e. The Morgan fingerprint density at radius 1 is 1.41 bits per heavy atom. The molecule has 0 aliphatic rings. The van der Waals surface area contributed by atoms with Gasteiger partial charge in [0.05, 0.1) is 0 Å². The maximum absolute atomic E-state index is 13.5. The molecule has 0 amide bonds. The Hall–Kier alpha value is -1.67. The van der Waals surface area contributed by atoms with E-state index in [1.807, 2.05) is 6.92 Å². The minimum Gasteiger partial charge on any atom is -0.470 e. The third-order valence-electron chi connectivity index (χ3n) is 2.11. The van der Waals surface area contributed by atoms with Gasteiger partial charge in [-0.15, -0.1) is 0 Å². The number of benzene rings is 1. The lowest BCUT2D eigenvalue weighted by molar-refractivity contribution is 0.249. The first kappa shape index (κ1) is 13.4. The van der Waals surface area contributed by atoms with Crippen LogP contribution in [-0.4, -0.2) is 12.6 Å². The van der Waals surface area contributed by atoms with Crippen molar-refractivity contribution in [3.05, 3.63) is 29.3 Å². The molecule has 0 spiro atoms. The highest BCUT2D eigenvalue weighted by molar-refractivity contribution is 5.31. The molecule has 5 heteroatoms. The third kappa shape index (κ3) is 3.68. The summed E-state index contributed by atoms with van der Waals surface area (Å²) in [6, 6.07) is 4.15. The molecule has 1 aromatic carbocycles. The van der Waals surface area contributed by atoms with Gasteiger partial charge in [-0.1, -0.05) is 6.92 Å².